The van der Waals surface area contributed by atoms with E-state index in [1.807, 2.05) is 12.1 Å². The second kappa shape index (κ2) is 5.73. The van der Waals surface area contributed by atoms with Crippen molar-refractivity contribution in [3.05, 3.63) is 24.3 Å². The van der Waals surface area contributed by atoms with Gasteiger partial charge in [-0.05, 0) is 43.1 Å². The van der Waals surface area contributed by atoms with Crippen LogP contribution in [0.3, 0.4) is 0 Å². The number of nitrogen functional groups attached to an aromatic ring is 1. The molecule has 1 aliphatic rings. The highest BCUT2D eigenvalue weighted by Crippen LogP contribution is 2.20. The minimum absolute atomic E-state index is 0.465. The summed E-state index contributed by atoms with van der Waals surface area (Å²) in [6.07, 6.45) is 3.09. The second-order valence-electron chi connectivity index (χ2n) is 4.43. The van der Waals surface area contributed by atoms with Crippen molar-refractivity contribution < 1.29 is 4.79 Å². The Labute approximate surface area is 102 Å². The number of nitrogens with two attached hydrogens (primary N) is 1. The molecule has 0 amide bonds. The number of hydrogen-bond acceptors (Lipinski definition) is 4. The summed E-state index contributed by atoms with van der Waals surface area (Å²) in [5, 5.41) is 3.24. The topological polar surface area (TPSA) is 58.4 Å². The maximum atomic E-state index is 10.3. The van der Waals surface area contributed by atoms with Crippen LogP contribution in [0.5, 0.6) is 0 Å². The number of carbonyl (C=O) groups is 1. The van der Waals surface area contributed by atoms with Gasteiger partial charge in [-0.2, -0.15) is 0 Å². The maximum Gasteiger partial charge on any atom is 0.278 e. The molecule has 1 saturated heterocycles. The number of anilines is 2. The summed E-state index contributed by atoms with van der Waals surface area (Å²) in [6.45, 7) is 2.06. The predicted octanol–water partition coefficient (Wildman–Crippen LogP) is 0.369. The molecule has 4 nitrogen and oxygen atoms in total. The first-order valence-electron chi connectivity index (χ1n) is 6.07. The first-order valence-corrected chi connectivity index (χ1v) is 6.07. The number of piperidine rings is 1. The number of carbonyl (C=O) groups excluding carboxylic acids is 1. The van der Waals surface area contributed by atoms with E-state index in [-0.39, 0.29) is 0 Å². The van der Waals surface area contributed by atoms with Gasteiger partial charge in [0.15, 0.2) is 0 Å². The minimum atomic E-state index is 0.465. The molecule has 1 aromatic rings. The summed E-state index contributed by atoms with van der Waals surface area (Å²) in [5.41, 5.74) is 7.70. The molecular formula is C12H18BN3O. The molecule has 17 heavy (non-hydrogen) atoms. The summed E-state index contributed by atoms with van der Waals surface area (Å²) in [5.74, 6) is 0. The van der Waals surface area contributed by atoms with Crippen LogP contribution in [0.1, 0.15) is 12.8 Å². The van der Waals surface area contributed by atoms with E-state index in [0.717, 1.165) is 37.8 Å². The molecule has 1 heterocycles. The number of hydrogen-bond donors (Lipinski definition) is 2. The lowest BCUT2D eigenvalue weighted by Crippen LogP contribution is -2.44. The van der Waals surface area contributed by atoms with Crippen molar-refractivity contribution in [3.8, 4) is 0 Å². The molecular weight excluding hydrogens is 213 g/mol. The summed E-state index contributed by atoms with van der Waals surface area (Å²) >= 11 is 0. The fourth-order valence-corrected chi connectivity index (χ4v) is 2.24. The quantitative estimate of drug-likeness (QED) is 0.446. The number of rotatable bonds is 4. The predicted molar refractivity (Wildman–Crippen MR) is 73.1 cm³/mol. The van der Waals surface area contributed by atoms with Crippen LogP contribution in [0.4, 0.5) is 11.4 Å². The monoisotopic (exact) mass is 231 g/mol. The van der Waals surface area contributed by atoms with Gasteiger partial charge in [0.05, 0.1) is 6.19 Å². The number of nitrogens with zero attached hydrogens (tertiary/aromatic N) is 1. The molecule has 2 rings (SSSR count). The Balaban J connectivity index is 1.86. The summed E-state index contributed by atoms with van der Waals surface area (Å²) in [6, 6.07) is 8.48. The van der Waals surface area contributed by atoms with E-state index in [0.29, 0.717) is 13.5 Å². The molecule has 90 valence electrons. The first-order chi connectivity index (χ1) is 8.29. The fourth-order valence-electron chi connectivity index (χ4n) is 2.24. The summed E-state index contributed by atoms with van der Waals surface area (Å²) < 4.78 is 0. The van der Waals surface area contributed by atoms with Crippen LogP contribution in [0.2, 0.25) is 0 Å². The molecule has 1 fully saturated rings. The van der Waals surface area contributed by atoms with Crippen LogP contribution in [-0.2, 0) is 4.79 Å². The van der Waals surface area contributed by atoms with Gasteiger partial charge in [-0.15, -0.1) is 0 Å². The largest absolute Gasteiger partial charge is 0.399 e. The second-order valence-corrected chi connectivity index (χ2v) is 4.43. The fraction of sp³-hybridized carbons (Fsp3) is 0.417. The standard InChI is InChI=1S/C12H18BN3O/c14-10-1-3-12(4-2-10)16-7-5-11(6-8-16)15-13-9-17/h1-4,9,11,13,15H,5-8,14H2. The van der Waals surface area contributed by atoms with E-state index >= 15 is 0 Å². The highest BCUT2D eigenvalue weighted by molar-refractivity contribution is 6.64. The number of benzene rings is 1. The molecule has 0 atom stereocenters. The van der Waals surface area contributed by atoms with E-state index in [9.17, 15) is 4.79 Å². The van der Waals surface area contributed by atoms with E-state index < -0.39 is 0 Å². The highest BCUT2D eigenvalue weighted by atomic mass is 16.1. The van der Waals surface area contributed by atoms with Crippen molar-refractivity contribution in [1.82, 2.24) is 5.23 Å². The Morgan fingerprint density at radius 1 is 1.29 bits per heavy atom. The molecule has 3 N–H and O–H groups in total. The van der Waals surface area contributed by atoms with Crippen molar-refractivity contribution in [2.75, 3.05) is 23.7 Å². The van der Waals surface area contributed by atoms with Gasteiger partial charge in [-0.3, -0.25) is 0 Å². The molecule has 0 aliphatic carbocycles. The van der Waals surface area contributed by atoms with Gasteiger partial charge in [-0.25, -0.2) is 0 Å². The van der Waals surface area contributed by atoms with Gasteiger partial charge in [0, 0.05) is 24.5 Å². The SMILES string of the molecule is Nc1ccc(N2CCC(NBC=O)CC2)cc1. The third-order valence-corrected chi connectivity index (χ3v) is 3.24. The van der Waals surface area contributed by atoms with Crippen molar-refractivity contribution in [3.63, 3.8) is 0 Å². The lowest BCUT2D eigenvalue weighted by atomic mass is 9.93. The lowest BCUT2D eigenvalue weighted by molar-refractivity contribution is 0.473. The Kier molecular flexibility index (Phi) is 4.04. The minimum Gasteiger partial charge on any atom is -0.399 e. The van der Waals surface area contributed by atoms with E-state index in [1.54, 1.807) is 0 Å². The van der Waals surface area contributed by atoms with Crippen LogP contribution in [0.15, 0.2) is 24.3 Å². The molecule has 0 unspecified atom stereocenters. The van der Waals surface area contributed by atoms with Crippen molar-refractivity contribution in [1.29, 1.82) is 0 Å². The average Bonchev–Trinajstić information content (AvgIpc) is 2.38. The Morgan fingerprint density at radius 2 is 1.94 bits per heavy atom. The molecule has 0 radical (unpaired) electrons. The molecule has 5 heteroatoms. The Morgan fingerprint density at radius 3 is 2.53 bits per heavy atom. The van der Waals surface area contributed by atoms with E-state index in [4.69, 9.17) is 5.73 Å². The third-order valence-electron chi connectivity index (χ3n) is 3.24. The zero-order chi connectivity index (χ0) is 12.1. The number of nitrogens with one attached hydrogen (secondary N) is 1. The van der Waals surface area contributed by atoms with Crippen LogP contribution in [0.25, 0.3) is 0 Å². The van der Waals surface area contributed by atoms with Gasteiger partial charge in [0.25, 0.3) is 7.41 Å². The van der Waals surface area contributed by atoms with E-state index in [2.05, 4.69) is 22.3 Å². The molecule has 0 spiro atoms. The van der Waals surface area contributed by atoms with Crippen molar-refractivity contribution in [2.24, 2.45) is 0 Å². The first kappa shape index (κ1) is 12.0. The smallest absolute Gasteiger partial charge is 0.278 e. The van der Waals surface area contributed by atoms with Crippen LogP contribution in [-0.4, -0.2) is 32.7 Å². The van der Waals surface area contributed by atoms with Crippen molar-refractivity contribution in [2.45, 2.75) is 18.9 Å². The summed E-state index contributed by atoms with van der Waals surface area (Å²) in [7, 11) is 0.465. The Bertz CT molecular complexity index is 361. The molecule has 1 aliphatic heterocycles. The molecule has 0 saturated carbocycles. The van der Waals surface area contributed by atoms with Crippen LogP contribution in [0, 0.1) is 0 Å². The Hall–Kier alpha value is -1.49. The zero-order valence-corrected chi connectivity index (χ0v) is 9.93. The zero-order valence-electron chi connectivity index (χ0n) is 9.93. The molecule has 0 bridgehead atoms. The lowest BCUT2D eigenvalue weighted by Gasteiger charge is -2.34. The highest BCUT2D eigenvalue weighted by Gasteiger charge is 2.18. The normalized spacial score (nSPS) is 16.8. The van der Waals surface area contributed by atoms with Crippen LogP contribution >= 0.6 is 0 Å². The van der Waals surface area contributed by atoms with Gasteiger partial charge in [-0.1, -0.05) is 0 Å². The molecule has 0 aromatic heterocycles. The van der Waals surface area contributed by atoms with Gasteiger partial charge in [0.1, 0.15) is 0 Å². The average molecular weight is 231 g/mol. The maximum absolute atomic E-state index is 10.3. The van der Waals surface area contributed by atoms with Gasteiger partial charge < -0.3 is 20.7 Å². The van der Waals surface area contributed by atoms with Gasteiger partial charge in [0.2, 0.25) is 0 Å². The van der Waals surface area contributed by atoms with Gasteiger partial charge >= 0.3 is 0 Å². The van der Waals surface area contributed by atoms with Crippen molar-refractivity contribution >= 4 is 25.0 Å². The summed E-state index contributed by atoms with van der Waals surface area (Å²) in [4.78, 5) is 12.6. The third kappa shape index (κ3) is 3.23. The van der Waals surface area contributed by atoms with Crippen LogP contribution < -0.4 is 15.9 Å². The molecule has 1 aromatic carbocycles. The van der Waals surface area contributed by atoms with E-state index in [1.165, 1.54) is 5.69 Å².